The number of rotatable bonds is 8. The quantitative estimate of drug-likeness (QED) is 0.751. The Hall–Kier alpha value is -1.55. The summed E-state index contributed by atoms with van der Waals surface area (Å²) in [5.74, 6) is 0.709. The fraction of sp³-hybridized carbons (Fsp3) is 0.611. The molecule has 0 radical (unpaired) electrons. The Morgan fingerprint density at radius 2 is 2.00 bits per heavy atom. The molecular formula is C18H27NO3. The first kappa shape index (κ1) is 16.8. The maximum Gasteiger partial charge on any atom is 0.257 e. The predicted octanol–water partition coefficient (Wildman–Crippen LogP) is 2.88. The van der Waals surface area contributed by atoms with Crippen molar-refractivity contribution in [3.63, 3.8) is 0 Å². The third-order valence-electron chi connectivity index (χ3n) is 3.78. The summed E-state index contributed by atoms with van der Waals surface area (Å²) in [7, 11) is 0. The van der Waals surface area contributed by atoms with Gasteiger partial charge in [-0.3, -0.25) is 4.79 Å². The van der Waals surface area contributed by atoms with Crippen LogP contribution < -0.4 is 10.1 Å². The smallest absolute Gasteiger partial charge is 0.257 e. The molecule has 0 unspecified atom stereocenters. The molecule has 1 aromatic rings. The topological polar surface area (TPSA) is 47.6 Å². The first-order valence-corrected chi connectivity index (χ1v) is 8.28. The van der Waals surface area contributed by atoms with Crippen molar-refractivity contribution in [3.05, 3.63) is 29.3 Å². The highest BCUT2D eigenvalue weighted by molar-refractivity contribution is 5.77. The minimum atomic E-state index is -0.0812. The van der Waals surface area contributed by atoms with Crippen LogP contribution in [-0.4, -0.2) is 31.8 Å². The van der Waals surface area contributed by atoms with Crippen LogP contribution in [-0.2, 0) is 22.4 Å². The van der Waals surface area contributed by atoms with E-state index in [4.69, 9.17) is 9.47 Å². The van der Waals surface area contributed by atoms with Crippen molar-refractivity contribution >= 4 is 5.91 Å². The summed E-state index contributed by atoms with van der Waals surface area (Å²) in [5, 5.41) is 2.85. The molecule has 0 atom stereocenters. The number of hydrogen-bond acceptors (Lipinski definition) is 3. The Labute approximate surface area is 133 Å². The van der Waals surface area contributed by atoms with Crippen LogP contribution in [0.2, 0.25) is 0 Å². The van der Waals surface area contributed by atoms with E-state index in [2.05, 4.69) is 17.4 Å². The number of ether oxygens (including phenoxy) is 2. The predicted molar refractivity (Wildman–Crippen MR) is 87.3 cm³/mol. The molecule has 1 N–H and O–H groups in total. The van der Waals surface area contributed by atoms with E-state index in [1.165, 1.54) is 24.0 Å². The monoisotopic (exact) mass is 305 g/mol. The van der Waals surface area contributed by atoms with Gasteiger partial charge in [-0.1, -0.05) is 6.07 Å². The van der Waals surface area contributed by atoms with Gasteiger partial charge in [-0.05, 0) is 69.2 Å². The average molecular weight is 305 g/mol. The number of aryl methyl sites for hydroxylation is 2. The Bertz CT molecular complexity index is 485. The van der Waals surface area contributed by atoms with Crippen molar-refractivity contribution < 1.29 is 14.3 Å². The lowest BCUT2D eigenvalue weighted by Gasteiger charge is -2.16. The van der Waals surface area contributed by atoms with E-state index in [1.54, 1.807) is 0 Å². The summed E-state index contributed by atoms with van der Waals surface area (Å²) in [6.45, 7) is 5.38. The Morgan fingerprint density at radius 1 is 1.23 bits per heavy atom. The zero-order valence-corrected chi connectivity index (χ0v) is 13.7. The van der Waals surface area contributed by atoms with E-state index in [-0.39, 0.29) is 18.6 Å². The zero-order chi connectivity index (χ0) is 15.8. The Kier molecular flexibility index (Phi) is 6.72. The van der Waals surface area contributed by atoms with Gasteiger partial charge >= 0.3 is 0 Å². The molecule has 0 fully saturated rings. The molecule has 4 nitrogen and oxygen atoms in total. The van der Waals surface area contributed by atoms with Crippen LogP contribution in [0.25, 0.3) is 0 Å². The molecule has 1 aromatic carbocycles. The lowest BCUT2D eigenvalue weighted by molar-refractivity contribution is -0.123. The van der Waals surface area contributed by atoms with E-state index in [1.807, 2.05) is 19.9 Å². The summed E-state index contributed by atoms with van der Waals surface area (Å²) < 4.78 is 11.0. The molecule has 0 aliphatic heterocycles. The minimum absolute atomic E-state index is 0.0732. The molecule has 0 aromatic heterocycles. The number of amides is 1. The van der Waals surface area contributed by atoms with E-state index in [9.17, 15) is 4.79 Å². The second-order valence-electron chi connectivity index (χ2n) is 6.05. The third kappa shape index (κ3) is 5.68. The van der Waals surface area contributed by atoms with Crippen molar-refractivity contribution in [1.82, 2.24) is 5.32 Å². The number of hydrogen-bond donors (Lipinski definition) is 1. The van der Waals surface area contributed by atoms with Gasteiger partial charge in [0, 0.05) is 13.2 Å². The lowest BCUT2D eigenvalue weighted by Crippen LogP contribution is -2.30. The largest absolute Gasteiger partial charge is 0.484 e. The average Bonchev–Trinajstić information content (AvgIpc) is 2.52. The molecule has 1 aliphatic carbocycles. The van der Waals surface area contributed by atoms with Crippen LogP contribution in [0.4, 0.5) is 0 Å². The highest BCUT2D eigenvalue weighted by Gasteiger charge is 2.10. The van der Waals surface area contributed by atoms with Gasteiger partial charge in [-0.2, -0.15) is 0 Å². The van der Waals surface area contributed by atoms with E-state index < -0.39 is 0 Å². The van der Waals surface area contributed by atoms with E-state index in [0.717, 1.165) is 25.0 Å². The first-order valence-electron chi connectivity index (χ1n) is 8.28. The summed E-state index contributed by atoms with van der Waals surface area (Å²) >= 11 is 0. The van der Waals surface area contributed by atoms with Gasteiger partial charge in [-0.15, -0.1) is 0 Å². The molecule has 1 aliphatic rings. The number of fused-ring (bicyclic) bond motifs is 1. The molecule has 0 saturated heterocycles. The fourth-order valence-electron chi connectivity index (χ4n) is 2.62. The molecule has 0 spiro atoms. The maximum absolute atomic E-state index is 11.7. The number of carbonyl (C=O) groups is 1. The van der Waals surface area contributed by atoms with Gasteiger partial charge < -0.3 is 14.8 Å². The Morgan fingerprint density at radius 3 is 2.77 bits per heavy atom. The van der Waals surface area contributed by atoms with Gasteiger partial charge in [0.05, 0.1) is 6.10 Å². The van der Waals surface area contributed by atoms with Crippen LogP contribution >= 0.6 is 0 Å². The number of nitrogens with one attached hydrogen (secondary N) is 1. The fourth-order valence-corrected chi connectivity index (χ4v) is 2.62. The highest BCUT2D eigenvalue weighted by Crippen LogP contribution is 2.25. The van der Waals surface area contributed by atoms with Crippen molar-refractivity contribution in [1.29, 1.82) is 0 Å². The highest BCUT2D eigenvalue weighted by atomic mass is 16.5. The standard InChI is InChI=1S/C18H27NO3/c1-14(2)21-11-5-10-19-18(20)13-22-17-9-8-15-6-3-4-7-16(15)12-17/h8-9,12,14H,3-7,10-11,13H2,1-2H3,(H,19,20). The van der Waals surface area contributed by atoms with Crippen molar-refractivity contribution in [2.24, 2.45) is 0 Å². The molecular weight excluding hydrogens is 278 g/mol. The van der Waals surface area contributed by atoms with Crippen molar-refractivity contribution in [2.75, 3.05) is 19.8 Å². The SMILES string of the molecule is CC(C)OCCCNC(=O)COc1ccc2c(c1)CCCC2. The minimum Gasteiger partial charge on any atom is -0.484 e. The zero-order valence-electron chi connectivity index (χ0n) is 13.7. The third-order valence-corrected chi connectivity index (χ3v) is 3.78. The normalized spacial score (nSPS) is 13.8. The second kappa shape index (κ2) is 8.79. The summed E-state index contributed by atoms with van der Waals surface area (Å²) in [5.41, 5.74) is 2.79. The summed E-state index contributed by atoms with van der Waals surface area (Å²) in [6.07, 6.45) is 5.86. The molecule has 122 valence electrons. The molecule has 0 bridgehead atoms. The molecule has 2 rings (SSSR count). The molecule has 4 heteroatoms. The van der Waals surface area contributed by atoms with Crippen molar-refractivity contribution in [3.8, 4) is 5.75 Å². The summed E-state index contributed by atoms with van der Waals surface area (Å²) in [4.78, 5) is 11.7. The van der Waals surface area contributed by atoms with Crippen LogP contribution in [0, 0.1) is 0 Å². The van der Waals surface area contributed by atoms with E-state index in [0.29, 0.717) is 13.2 Å². The van der Waals surface area contributed by atoms with Gasteiger partial charge in [0.2, 0.25) is 0 Å². The lowest BCUT2D eigenvalue weighted by atomic mass is 9.92. The van der Waals surface area contributed by atoms with Gasteiger partial charge in [-0.25, -0.2) is 0 Å². The second-order valence-corrected chi connectivity index (χ2v) is 6.05. The summed E-state index contributed by atoms with van der Waals surface area (Å²) in [6, 6.07) is 6.18. The maximum atomic E-state index is 11.7. The van der Waals surface area contributed by atoms with Crippen LogP contribution in [0.3, 0.4) is 0 Å². The van der Waals surface area contributed by atoms with Crippen molar-refractivity contribution in [2.45, 2.75) is 52.1 Å². The molecule has 0 saturated carbocycles. The van der Waals surface area contributed by atoms with Gasteiger partial charge in [0.25, 0.3) is 5.91 Å². The van der Waals surface area contributed by atoms with E-state index >= 15 is 0 Å². The Balaban J connectivity index is 1.66. The number of carbonyl (C=O) groups excluding carboxylic acids is 1. The van der Waals surface area contributed by atoms with Crippen LogP contribution in [0.1, 0.15) is 44.2 Å². The van der Waals surface area contributed by atoms with Crippen LogP contribution in [0.5, 0.6) is 5.75 Å². The first-order chi connectivity index (χ1) is 10.6. The molecule has 0 heterocycles. The number of benzene rings is 1. The van der Waals surface area contributed by atoms with Gasteiger partial charge in [0.15, 0.2) is 6.61 Å². The van der Waals surface area contributed by atoms with Crippen LogP contribution in [0.15, 0.2) is 18.2 Å². The molecule has 1 amide bonds. The molecule has 22 heavy (non-hydrogen) atoms. The van der Waals surface area contributed by atoms with Gasteiger partial charge in [0.1, 0.15) is 5.75 Å².